The average Bonchev–Trinajstić information content (AvgIpc) is 2.65. The van der Waals surface area contributed by atoms with E-state index in [0.717, 1.165) is 11.5 Å². The van der Waals surface area contributed by atoms with Crippen LogP contribution in [0.15, 0.2) is 45.7 Å². The average molecular weight is 269 g/mol. The minimum absolute atomic E-state index is 0.644. The van der Waals surface area contributed by atoms with Crippen LogP contribution in [0.5, 0.6) is 17.2 Å². The molecule has 2 aromatic rings. The summed E-state index contributed by atoms with van der Waals surface area (Å²) >= 11 is 3.20. The highest BCUT2D eigenvalue weighted by molar-refractivity contribution is 9.10. The Kier molecular flexibility index (Phi) is 2.97. The van der Waals surface area contributed by atoms with Gasteiger partial charge in [0.2, 0.25) is 0 Å². The van der Waals surface area contributed by atoms with Crippen LogP contribution < -0.4 is 9.47 Å². The van der Waals surface area contributed by atoms with Gasteiger partial charge in [-0.3, -0.25) is 0 Å². The van der Waals surface area contributed by atoms with E-state index in [2.05, 4.69) is 15.9 Å². The lowest BCUT2D eigenvalue weighted by Gasteiger charge is -2.03. The lowest BCUT2D eigenvalue weighted by Crippen LogP contribution is -1.84. The SMILES string of the molecule is COc1ccc(Oc2coc(Br)c2)cc1. The van der Waals surface area contributed by atoms with E-state index >= 15 is 0 Å². The lowest BCUT2D eigenvalue weighted by atomic mass is 10.3. The predicted octanol–water partition coefficient (Wildman–Crippen LogP) is 3.84. The van der Waals surface area contributed by atoms with Gasteiger partial charge in [-0.15, -0.1) is 0 Å². The molecule has 0 unspecified atom stereocenters. The van der Waals surface area contributed by atoms with Crippen molar-refractivity contribution in [1.29, 1.82) is 0 Å². The molecule has 0 radical (unpaired) electrons. The first-order valence-corrected chi connectivity index (χ1v) is 5.13. The standard InChI is InChI=1S/C11H9BrO3/c1-13-8-2-4-9(5-3-8)15-10-6-11(12)14-7-10/h2-7H,1H3. The summed E-state index contributed by atoms with van der Waals surface area (Å²) in [6.07, 6.45) is 1.54. The molecule has 0 fully saturated rings. The van der Waals surface area contributed by atoms with E-state index in [1.807, 2.05) is 24.3 Å². The van der Waals surface area contributed by atoms with Gasteiger partial charge in [-0.05, 0) is 40.2 Å². The summed E-state index contributed by atoms with van der Waals surface area (Å²) in [7, 11) is 1.63. The zero-order valence-electron chi connectivity index (χ0n) is 8.07. The fourth-order valence-corrected chi connectivity index (χ4v) is 1.45. The Morgan fingerprint density at radius 3 is 2.27 bits per heavy atom. The van der Waals surface area contributed by atoms with E-state index in [0.29, 0.717) is 10.4 Å². The molecule has 0 atom stereocenters. The molecule has 0 bridgehead atoms. The monoisotopic (exact) mass is 268 g/mol. The van der Waals surface area contributed by atoms with Gasteiger partial charge in [-0.1, -0.05) is 0 Å². The number of hydrogen-bond acceptors (Lipinski definition) is 3. The maximum absolute atomic E-state index is 5.52. The van der Waals surface area contributed by atoms with Gasteiger partial charge >= 0.3 is 0 Å². The van der Waals surface area contributed by atoms with Gasteiger partial charge in [0.05, 0.1) is 7.11 Å². The van der Waals surface area contributed by atoms with Crippen LogP contribution in [-0.4, -0.2) is 7.11 Å². The van der Waals surface area contributed by atoms with Gasteiger partial charge < -0.3 is 13.9 Å². The van der Waals surface area contributed by atoms with Gasteiger partial charge in [0.1, 0.15) is 17.8 Å². The summed E-state index contributed by atoms with van der Waals surface area (Å²) in [5, 5.41) is 0. The molecule has 1 aromatic carbocycles. The van der Waals surface area contributed by atoms with Gasteiger partial charge in [0.25, 0.3) is 0 Å². The number of ether oxygens (including phenoxy) is 2. The van der Waals surface area contributed by atoms with Crippen molar-refractivity contribution < 1.29 is 13.9 Å². The minimum Gasteiger partial charge on any atom is -0.497 e. The maximum Gasteiger partial charge on any atom is 0.172 e. The second-order valence-corrected chi connectivity index (χ2v) is 3.65. The molecular weight excluding hydrogens is 260 g/mol. The van der Waals surface area contributed by atoms with E-state index in [1.54, 1.807) is 13.2 Å². The quantitative estimate of drug-likeness (QED) is 0.848. The van der Waals surface area contributed by atoms with Gasteiger partial charge in [0.15, 0.2) is 10.4 Å². The summed E-state index contributed by atoms with van der Waals surface area (Å²) < 4.78 is 16.3. The van der Waals surface area contributed by atoms with Crippen molar-refractivity contribution in [2.45, 2.75) is 0 Å². The molecule has 0 amide bonds. The second-order valence-electron chi connectivity index (χ2n) is 2.86. The van der Waals surface area contributed by atoms with Crippen LogP contribution in [0, 0.1) is 0 Å². The van der Waals surface area contributed by atoms with E-state index < -0.39 is 0 Å². The Morgan fingerprint density at radius 2 is 1.73 bits per heavy atom. The molecule has 2 rings (SSSR count). The maximum atomic E-state index is 5.52. The first-order valence-electron chi connectivity index (χ1n) is 4.34. The van der Waals surface area contributed by atoms with Crippen LogP contribution in [0.4, 0.5) is 0 Å². The van der Waals surface area contributed by atoms with Gasteiger partial charge in [-0.2, -0.15) is 0 Å². The minimum atomic E-state index is 0.644. The van der Waals surface area contributed by atoms with Crippen molar-refractivity contribution in [3.8, 4) is 17.2 Å². The normalized spacial score (nSPS) is 10.0. The summed E-state index contributed by atoms with van der Waals surface area (Å²) in [4.78, 5) is 0. The molecule has 0 spiro atoms. The van der Waals surface area contributed by atoms with Crippen molar-refractivity contribution in [2.24, 2.45) is 0 Å². The molecule has 0 aliphatic carbocycles. The molecule has 0 aliphatic heterocycles. The van der Waals surface area contributed by atoms with Gasteiger partial charge in [0, 0.05) is 6.07 Å². The molecule has 0 aliphatic rings. The Labute approximate surface area is 95.7 Å². The molecule has 4 heteroatoms. The zero-order chi connectivity index (χ0) is 10.7. The van der Waals surface area contributed by atoms with Crippen LogP contribution in [0.2, 0.25) is 0 Å². The third kappa shape index (κ3) is 2.53. The van der Waals surface area contributed by atoms with Crippen LogP contribution in [0.25, 0.3) is 0 Å². The Hall–Kier alpha value is -1.42. The summed E-state index contributed by atoms with van der Waals surface area (Å²) in [5.74, 6) is 2.20. The molecule has 78 valence electrons. The highest BCUT2D eigenvalue weighted by Gasteiger charge is 2.01. The van der Waals surface area contributed by atoms with E-state index in [4.69, 9.17) is 13.9 Å². The molecule has 1 heterocycles. The third-order valence-corrected chi connectivity index (χ3v) is 2.25. The number of benzene rings is 1. The highest BCUT2D eigenvalue weighted by atomic mass is 79.9. The predicted molar refractivity (Wildman–Crippen MR) is 59.5 cm³/mol. The summed E-state index contributed by atoms with van der Waals surface area (Å²) in [5.41, 5.74) is 0. The third-order valence-electron chi connectivity index (χ3n) is 1.84. The molecular formula is C11H9BrO3. The van der Waals surface area contributed by atoms with Crippen molar-refractivity contribution in [3.05, 3.63) is 41.3 Å². The molecule has 1 aromatic heterocycles. The number of halogens is 1. The summed E-state index contributed by atoms with van der Waals surface area (Å²) in [6.45, 7) is 0. The van der Waals surface area contributed by atoms with E-state index in [1.165, 1.54) is 6.26 Å². The molecule has 15 heavy (non-hydrogen) atoms. The van der Waals surface area contributed by atoms with Crippen molar-refractivity contribution >= 4 is 15.9 Å². The van der Waals surface area contributed by atoms with Crippen LogP contribution >= 0.6 is 15.9 Å². The molecule has 3 nitrogen and oxygen atoms in total. The van der Waals surface area contributed by atoms with Gasteiger partial charge in [-0.25, -0.2) is 0 Å². The summed E-state index contributed by atoms with van der Waals surface area (Å²) in [6, 6.07) is 9.10. The topological polar surface area (TPSA) is 31.6 Å². The number of methoxy groups -OCH3 is 1. The Balaban J connectivity index is 2.11. The van der Waals surface area contributed by atoms with Crippen LogP contribution in [0.3, 0.4) is 0 Å². The van der Waals surface area contributed by atoms with Crippen molar-refractivity contribution in [1.82, 2.24) is 0 Å². The number of hydrogen-bond donors (Lipinski definition) is 0. The van der Waals surface area contributed by atoms with Crippen LogP contribution in [0.1, 0.15) is 0 Å². The smallest absolute Gasteiger partial charge is 0.172 e. The fourth-order valence-electron chi connectivity index (χ4n) is 1.13. The largest absolute Gasteiger partial charge is 0.497 e. The molecule has 0 N–H and O–H groups in total. The van der Waals surface area contributed by atoms with E-state index in [9.17, 15) is 0 Å². The first kappa shape index (κ1) is 10.1. The van der Waals surface area contributed by atoms with Crippen LogP contribution in [-0.2, 0) is 0 Å². The number of rotatable bonds is 3. The highest BCUT2D eigenvalue weighted by Crippen LogP contribution is 2.27. The number of furan rings is 1. The Bertz CT molecular complexity index is 433. The van der Waals surface area contributed by atoms with E-state index in [-0.39, 0.29) is 0 Å². The Morgan fingerprint density at radius 1 is 1.07 bits per heavy atom. The second kappa shape index (κ2) is 4.40. The fraction of sp³-hybridized carbons (Fsp3) is 0.0909. The zero-order valence-corrected chi connectivity index (χ0v) is 9.65. The van der Waals surface area contributed by atoms with Crippen molar-refractivity contribution in [2.75, 3.05) is 7.11 Å². The van der Waals surface area contributed by atoms with Crippen molar-refractivity contribution in [3.63, 3.8) is 0 Å². The first-order chi connectivity index (χ1) is 7.28. The molecule has 0 saturated carbocycles. The lowest BCUT2D eigenvalue weighted by molar-refractivity contribution is 0.412. The molecule has 0 saturated heterocycles.